The van der Waals surface area contributed by atoms with E-state index in [9.17, 15) is 0 Å². The maximum atomic E-state index is 4.84. The van der Waals surface area contributed by atoms with Gasteiger partial charge in [-0.2, -0.15) is 0 Å². The summed E-state index contributed by atoms with van der Waals surface area (Å²) in [6, 6.07) is 50.7. The van der Waals surface area contributed by atoms with E-state index in [0.29, 0.717) is 0 Å². The molecule has 0 bridgehead atoms. The molecule has 43 heavy (non-hydrogen) atoms. The third kappa shape index (κ3) is 3.62. The van der Waals surface area contributed by atoms with Gasteiger partial charge in [-0.05, 0) is 87.1 Å². The van der Waals surface area contributed by atoms with Gasteiger partial charge in [0, 0.05) is 25.9 Å². The van der Waals surface area contributed by atoms with Crippen LogP contribution in [0.3, 0.4) is 0 Å². The zero-order chi connectivity index (χ0) is 28.5. The topological polar surface area (TPSA) is 17.8 Å². The predicted octanol–water partition coefficient (Wildman–Crippen LogP) is 11.3. The maximum absolute atomic E-state index is 4.84. The standard InChI is InChI=1S/C40H26N2S/c1-25-41-34-20-7-8-21-35(34)42(25)27-13-10-12-26(24-27)38-28-14-2-4-16-30(28)39(31-17-5-3-15-29(31)38)33-19-11-23-37-40(33)32-18-6-9-22-36(32)43-37/h2-24H,1H3. The Kier molecular flexibility index (Phi) is 5.32. The van der Waals surface area contributed by atoms with E-state index in [1.807, 2.05) is 11.3 Å². The van der Waals surface area contributed by atoms with E-state index in [2.05, 4.69) is 151 Å². The molecule has 2 aromatic heterocycles. The van der Waals surface area contributed by atoms with Crippen molar-refractivity contribution in [3.8, 4) is 27.9 Å². The Morgan fingerprint density at radius 1 is 0.535 bits per heavy atom. The molecule has 7 aromatic carbocycles. The molecule has 0 fully saturated rings. The Morgan fingerprint density at radius 3 is 1.91 bits per heavy atom. The molecule has 202 valence electrons. The van der Waals surface area contributed by atoms with E-state index in [4.69, 9.17) is 4.98 Å². The van der Waals surface area contributed by atoms with E-state index in [0.717, 1.165) is 22.5 Å². The molecule has 0 atom stereocenters. The highest BCUT2D eigenvalue weighted by atomic mass is 32.1. The lowest BCUT2D eigenvalue weighted by molar-refractivity contribution is 1.00. The lowest BCUT2D eigenvalue weighted by Gasteiger charge is -2.19. The number of fused-ring (bicyclic) bond motifs is 6. The molecule has 0 saturated heterocycles. The van der Waals surface area contributed by atoms with Crippen molar-refractivity contribution in [3.05, 3.63) is 145 Å². The molecule has 0 spiro atoms. The van der Waals surface area contributed by atoms with Crippen LogP contribution >= 0.6 is 11.3 Å². The summed E-state index contributed by atoms with van der Waals surface area (Å²) >= 11 is 1.88. The van der Waals surface area contributed by atoms with Crippen LogP contribution in [0.5, 0.6) is 0 Å². The molecule has 2 nitrogen and oxygen atoms in total. The number of rotatable bonds is 3. The highest BCUT2D eigenvalue weighted by molar-refractivity contribution is 7.25. The van der Waals surface area contributed by atoms with Gasteiger partial charge in [0.1, 0.15) is 5.82 Å². The summed E-state index contributed by atoms with van der Waals surface area (Å²) in [6.07, 6.45) is 0. The molecule has 3 heteroatoms. The van der Waals surface area contributed by atoms with Gasteiger partial charge in [0.2, 0.25) is 0 Å². The van der Waals surface area contributed by atoms with Gasteiger partial charge in [0.25, 0.3) is 0 Å². The number of hydrogen-bond acceptors (Lipinski definition) is 2. The minimum atomic E-state index is 0.986. The number of nitrogens with zero attached hydrogens (tertiary/aromatic N) is 2. The molecule has 9 rings (SSSR count). The van der Waals surface area contributed by atoms with Crippen LogP contribution in [-0.4, -0.2) is 9.55 Å². The van der Waals surface area contributed by atoms with E-state index in [1.54, 1.807) is 0 Å². The van der Waals surface area contributed by atoms with E-state index < -0.39 is 0 Å². The van der Waals surface area contributed by atoms with Crippen molar-refractivity contribution in [2.45, 2.75) is 6.92 Å². The van der Waals surface area contributed by atoms with E-state index >= 15 is 0 Å². The van der Waals surface area contributed by atoms with Crippen LogP contribution in [0, 0.1) is 6.92 Å². The zero-order valence-corrected chi connectivity index (χ0v) is 24.4. The Bertz CT molecular complexity index is 2470. The fourth-order valence-electron chi connectivity index (χ4n) is 6.99. The summed E-state index contributed by atoms with van der Waals surface area (Å²) in [4.78, 5) is 4.84. The Labute approximate surface area is 253 Å². The largest absolute Gasteiger partial charge is 0.297 e. The first kappa shape index (κ1) is 24.4. The smallest absolute Gasteiger partial charge is 0.111 e. The van der Waals surface area contributed by atoms with Gasteiger partial charge in [-0.15, -0.1) is 11.3 Å². The van der Waals surface area contributed by atoms with Crippen molar-refractivity contribution >= 4 is 64.1 Å². The number of aromatic nitrogens is 2. The van der Waals surface area contributed by atoms with Gasteiger partial charge in [-0.3, -0.25) is 4.57 Å². The summed E-state index contributed by atoms with van der Waals surface area (Å²) in [5.74, 6) is 0.986. The molecular weight excluding hydrogens is 541 g/mol. The quantitative estimate of drug-likeness (QED) is 0.195. The molecule has 0 unspecified atom stereocenters. The highest BCUT2D eigenvalue weighted by Gasteiger charge is 2.20. The molecule has 0 aliphatic rings. The highest BCUT2D eigenvalue weighted by Crippen LogP contribution is 2.47. The van der Waals surface area contributed by atoms with Gasteiger partial charge < -0.3 is 0 Å². The number of aryl methyl sites for hydroxylation is 1. The van der Waals surface area contributed by atoms with Crippen LogP contribution in [0.4, 0.5) is 0 Å². The average molecular weight is 567 g/mol. The van der Waals surface area contributed by atoms with Crippen molar-refractivity contribution < 1.29 is 0 Å². The Morgan fingerprint density at radius 2 is 1.14 bits per heavy atom. The summed E-state index contributed by atoms with van der Waals surface area (Å²) in [5.41, 5.74) is 8.32. The minimum Gasteiger partial charge on any atom is -0.297 e. The van der Waals surface area contributed by atoms with Gasteiger partial charge in [-0.1, -0.05) is 103 Å². The maximum Gasteiger partial charge on any atom is 0.111 e. The fraction of sp³-hybridized carbons (Fsp3) is 0.0250. The SMILES string of the molecule is Cc1nc2ccccc2n1-c1cccc(-c2c3ccccc3c(-c3cccc4sc5ccccc5c34)c3ccccc23)c1. The molecule has 9 aromatic rings. The Balaban J connectivity index is 1.37. The molecule has 2 heterocycles. The van der Waals surface area contributed by atoms with Gasteiger partial charge >= 0.3 is 0 Å². The molecule has 0 radical (unpaired) electrons. The number of imidazole rings is 1. The van der Waals surface area contributed by atoms with E-state index in [1.165, 1.54) is 64.0 Å². The molecular formula is C40H26N2S. The summed E-state index contributed by atoms with van der Waals surface area (Å²) < 4.78 is 4.92. The number of thiophene rings is 1. The lowest BCUT2D eigenvalue weighted by atomic mass is 9.85. The summed E-state index contributed by atoms with van der Waals surface area (Å²) in [7, 11) is 0. The van der Waals surface area contributed by atoms with Crippen LogP contribution in [0.15, 0.2) is 140 Å². The first-order valence-electron chi connectivity index (χ1n) is 14.7. The normalized spacial score (nSPS) is 11.8. The first-order valence-corrected chi connectivity index (χ1v) is 15.5. The average Bonchev–Trinajstić information content (AvgIpc) is 3.60. The lowest BCUT2D eigenvalue weighted by Crippen LogP contribution is -1.97. The van der Waals surface area contributed by atoms with Gasteiger partial charge in [0.05, 0.1) is 11.0 Å². The molecule has 0 aliphatic heterocycles. The van der Waals surface area contributed by atoms with Crippen LogP contribution in [-0.2, 0) is 0 Å². The second-order valence-electron chi connectivity index (χ2n) is 11.2. The van der Waals surface area contributed by atoms with Crippen LogP contribution in [0.25, 0.3) is 80.7 Å². The van der Waals surface area contributed by atoms with Crippen molar-refractivity contribution in [1.82, 2.24) is 9.55 Å². The second-order valence-corrected chi connectivity index (χ2v) is 12.2. The molecule has 0 N–H and O–H groups in total. The van der Waals surface area contributed by atoms with Crippen LogP contribution < -0.4 is 0 Å². The predicted molar refractivity (Wildman–Crippen MR) is 185 cm³/mol. The van der Waals surface area contributed by atoms with Crippen molar-refractivity contribution in [1.29, 1.82) is 0 Å². The summed E-state index contributed by atoms with van der Waals surface area (Å²) in [6.45, 7) is 2.08. The molecule has 0 aliphatic carbocycles. The first-order chi connectivity index (χ1) is 21.3. The number of para-hydroxylation sites is 2. The van der Waals surface area contributed by atoms with Gasteiger partial charge in [-0.25, -0.2) is 4.98 Å². The van der Waals surface area contributed by atoms with Crippen LogP contribution in [0.2, 0.25) is 0 Å². The molecule has 0 saturated carbocycles. The number of benzene rings is 7. The summed E-state index contributed by atoms with van der Waals surface area (Å²) in [5, 5.41) is 7.73. The molecule has 0 amide bonds. The van der Waals surface area contributed by atoms with Crippen LogP contribution in [0.1, 0.15) is 5.82 Å². The van der Waals surface area contributed by atoms with Crippen molar-refractivity contribution in [2.75, 3.05) is 0 Å². The monoisotopic (exact) mass is 566 g/mol. The fourth-order valence-corrected chi connectivity index (χ4v) is 8.12. The third-order valence-corrected chi connectivity index (χ3v) is 9.86. The second kappa shape index (κ2) is 9.38. The van der Waals surface area contributed by atoms with Crippen molar-refractivity contribution in [3.63, 3.8) is 0 Å². The number of hydrogen-bond donors (Lipinski definition) is 0. The van der Waals surface area contributed by atoms with Crippen molar-refractivity contribution in [2.24, 2.45) is 0 Å². The third-order valence-electron chi connectivity index (χ3n) is 8.72. The zero-order valence-electron chi connectivity index (χ0n) is 23.6. The van der Waals surface area contributed by atoms with E-state index in [-0.39, 0.29) is 0 Å². The minimum absolute atomic E-state index is 0.986. The Hall–Kier alpha value is -5.25. The van der Waals surface area contributed by atoms with Gasteiger partial charge in [0.15, 0.2) is 0 Å².